The Morgan fingerprint density at radius 2 is 2.14 bits per heavy atom. The van der Waals surface area contributed by atoms with Gasteiger partial charge in [0, 0.05) is 19.6 Å². The second-order valence-electron chi connectivity index (χ2n) is 6.40. The van der Waals surface area contributed by atoms with Crippen LogP contribution in [0.2, 0.25) is 0 Å². The van der Waals surface area contributed by atoms with E-state index >= 15 is 0 Å². The van der Waals surface area contributed by atoms with E-state index in [0.717, 1.165) is 37.7 Å². The summed E-state index contributed by atoms with van der Waals surface area (Å²) in [5, 5.41) is 0. The number of methoxy groups -OCH3 is 1. The van der Waals surface area contributed by atoms with Crippen LogP contribution in [0.3, 0.4) is 0 Å². The highest BCUT2D eigenvalue weighted by atomic mass is 16.5. The number of piperidine rings is 1. The van der Waals surface area contributed by atoms with Crippen molar-refractivity contribution in [3.8, 4) is 5.75 Å². The molecule has 1 aromatic rings. The molecule has 0 aliphatic carbocycles. The minimum absolute atomic E-state index is 0.475. The quantitative estimate of drug-likeness (QED) is 0.671. The summed E-state index contributed by atoms with van der Waals surface area (Å²) >= 11 is 0. The molecule has 1 aliphatic rings. The van der Waals surface area contributed by atoms with Crippen LogP contribution in [0.4, 0.5) is 0 Å². The highest BCUT2D eigenvalue weighted by molar-refractivity contribution is 5.78. The predicted octanol–water partition coefficient (Wildman–Crippen LogP) is 3.24. The molecule has 122 valence electrons. The largest absolute Gasteiger partial charge is 0.497 e. The summed E-state index contributed by atoms with van der Waals surface area (Å²) in [6, 6.07) is 8.28. The average Bonchev–Trinajstić information content (AvgIpc) is 2.54. The molecule has 2 atom stereocenters. The van der Waals surface area contributed by atoms with Crippen LogP contribution in [0.15, 0.2) is 29.3 Å². The standard InChI is InChI=1S/C18H29N3O/c1-14-5-4-12-21(13-14)18(19)20-11-10-15(2)16-6-8-17(22-3)9-7-16/h6-9,14-15H,4-5,10-13H2,1-3H3,(H2,19,20). The van der Waals surface area contributed by atoms with E-state index < -0.39 is 0 Å². The van der Waals surface area contributed by atoms with Crippen LogP contribution >= 0.6 is 0 Å². The average molecular weight is 303 g/mol. The van der Waals surface area contributed by atoms with E-state index in [0.29, 0.717) is 11.9 Å². The van der Waals surface area contributed by atoms with Gasteiger partial charge in [-0.2, -0.15) is 0 Å². The van der Waals surface area contributed by atoms with Gasteiger partial charge in [-0.25, -0.2) is 0 Å². The predicted molar refractivity (Wildman–Crippen MR) is 92.5 cm³/mol. The lowest BCUT2D eigenvalue weighted by atomic mass is 9.98. The lowest BCUT2D eigenvalue weighted by molar-refractivity contribution is 0.270. The van der Waals surface area contributed by atoms with Crippen LogP contribution in [0.1, 0.15) is 44.6 Å². The Bertz CT molecular complexity index is 484. The molecule has 4 nitrogen and oxygen atoms in total. The molecule has 22 heavy (non-hydrogen) atoms. The molecule has 0 saturated carbocycles. The molecule has 1 saturated heterocycles. The molecule has 1 fully saturated rings. The smallest absolute Gasteiger partial charge is 0.191 e. The van der Waals surface area contributed by atoms with Crippen LogP contribution in [0, 0.1) is 5.92 Å². The Kier molecular flexibility index (Phi) is 6.10. The number of aliphatic imine (C=N–C) groups is 1. The monoisotopic (exact) mass is 303 g/mol. The van der Waals surface area contributed by atoms with Crippen LogP contribution in [0.25, 0.3) is 0 Å². The summed E-state index contributed by atoms with van der Waals surface area (Å²) < 4.78 is 5.19. The van der Waals surface area contributed by atoms with E-state index in [4.69, 9.17) is 10.5 Å². The maximum absolute atomic E-state index is 6.13. The summed E-state index contributed by atoms with van der Waals surface area (Å²) in [4.78, 5) is 6.81. The van der Waals surface area contributed by atoms with Gasteiger partial charge in [0.05, 0.1) is 7.11 Å². The van der Waals surface area contributed by atoms with E-state index in [-0.39, 0.29) is 0 Å². The molecule has 1 aromatic carbocycles. The Morgan fingerprint density at radius 1 is 1.41 bits per heavy atom. The van der Waals surface area contributed by atoms with Crippen molar-refractivity contribution in [1.82, 2.24) is 4.90 Å². The molecular formula is C18H29N3O. The third-order valence-electron chi connectivity index (χ3n) is 4.50. The molecule has 1 aliphatic heterocycles. The topological polar surface area (TPSA) is 50.9 Å². The zero-order valence-electron chi connectivity index (χ0n) is 14.1. The highest BCUT2D eigenvalue weighted by Crippen LogP contribution is 2.22. The minimum atomic E-state index is 0.475. The van der Waals surface area contributed by atoms with Gasteiger partial charge in [-0.1, -0.05) is 26.0 Å². The van der Waals surface area contributed by atoms with Gasteiger partial charge < -0.3 is 15.4 Å². The van der Waals surface area contributed by atoms with E-state index in [9.17, 15) is 0 Å². The number of ether oxygens (including phenoxy) is 1. The van der Waals surface area contributed by atoms with Crippen LogP contribution in [-0.2, 0) is 0 Å². The first kappa shape index (κ1) is 16.7. The fraction of sp³-hybridized carbons (Fsp3) is 0.611. The zero-order chi connectivity index (χ0) is 15.9. The van der Waals surface area contributed by atoms with Crippen molar-refractivity contribution in [2.75, 3.05) is 26.7 Å². The van der Waals surface area contributed by atoms with Crippen molar-refractivity contribution >= 4 is 5.96 Å². The summed E-state index contributed by atoms with van der Waals surface area (Å²) in [5.74, 6) is 2.81. The summed E-state index contributed by atoms with van der Waals surface area (Å²) in [7, 11) is 1.69. The van der Waals surface area contributed by atoms with Crippen LogP contribution < -0.4 is 10.5 Å². The van der Waals surface area contributed by atoms with Gasteiger partial charge in [0.15, 0.2) is 5.96 Å². The summed E-state index contributed by atoms with van der Waals surface area (Å²) in [6.07, 6.45) is 3.54. The fourth-order valence-corrected chi connectivity index (χ4v) is 2.97. The first-order chi connectivity index (χ1) is 10.6. The molecule has 0 amide bonds. The molecule has 0 radical (unpaired) electrons. The van der Waals surface area contributed by atoms with Gasteiger partial charge >= 0.3 is 0 Å². The summed E-state index contributed by atoms with van der Waals surface area (Å²) in [6.45, 7) is 7.39. The van der Waals surface area contributed by atoms with Crippen molar-refractivity contribution in [2.24, 2.45) is 16.6 Å². The molecular weight excluding hydrogens is 274 g/mol. The normalized spacial score (nSPS) is 20.8. The summed E-state index contributed by atoms with van der Waals surface area (Å²) in [5.41, 5.74) is 7.45. The number of nitrogens with two attached hydrogens (primary N) is 1. The van der Waals surface area contributed by atoms with Gasteiger partial charge in [-0.05, 0) is 48.8 Å². The van der Waals surface area contributed by atoms with Crippen LogP contribution in [-0.4, -0.2) is 37.6 Å². The number of likely N-dealkylation sites (tertiary alicyclic amines) is 1. The Balaban J connectivity index is 1.82. The SMILES string of the molecule is COc1ccc(C(C)CCN=C(N)N2CCCC(C)C2)cc1. The van der Waals surface area contributed by atoms with Gasteiger partial charge in [0.2, 0.25) is 0 Å². The lowest BCUT2D eigenvalue weighted by Crippen LogP contribution is -2.43. The zero-order valence-corrected chi connectivity index (χ0v) is 14.1. The number of guanidine groups is 1. The fourth-order valence-electron chi connectivity index (χ4n) is 2.97. The maximum Gasteiger partial charge on any atom is 0.191 e. The van der Waals surface area contributed by atoms with Gasteiger partial charge in [-0.15, -0.1) is 0 Å². The molecule has 0 aromatic heterocycles. The van der Waals surface area contributed by atoms with E-state index in [1.54, 1.807) is 7.11 Å². The first-order valence-corrected chi connectivity index (χ1v) is 8.29. The first-order valence-electron chi connectivity index (χ1n) is 8.29. The Labute approximate surface area is 134 Å². The third-order valence-corrected chi connectivity index (χ3v) is 4.50. The van der Waals surface area contributed by atoms with Gasteiger partial charge in [0.1, 0.15) is 5.75 Å². The van der Waals surface area contributed by atoms with E-state index in [1.807, 2.05) is 12.1 Å². The number of benzene rings is 1. The molecule has 0 spiro atoms. The Morgan fingerprint density at radius 3 is 2.77 bits per heavy atom. The van der Waals surface area contributed by atoms with Crippen molar-refractivity contribution < 1.29 is 4.74 Å². The maximum atomic E-state index is 6.13. The number of hydrogen-bond donors (Lipinski definition) is 1. The van der Waals surface area contributed by atoms with Crippen molar-refractivity contribution in [3.63, 3.8) is 0 Å². The number of rotatable bonds is 5. The molecule has 0 bridgehead atoms. The second-order valence-corrected chi connectivity index (χ2v) is 6.40. The van der Waals surface area contributed by atoms with Crippen LogP contribution in [0.5, 0.6) is 5.75 Å². The van der Waals surface area contributed by atoms with Crippen molar-refractivity contribution in [2.45, 2.75) is 39.0 Å². The second kappa shape index (κ2) is 8.06. The molecule has 2 unspecified atom stereocenters. The Hall–Kier alpha value is -1.71. The lowest BCUT2D eigenvalue weighted by Gasteiger charge is -2.31. The van der Waals surface area contributed by atoms with E-state index in [2.05, 4.69) is 35.9 Å². The number of hydrogen-bond acceptors (Lipinski definition) is 2. The molecule has 2 N–H and O–H groups in total. The van der Waals surface area contributed by atoms with Gasteiger partial charge in [-0.3, -0.25) is 4.99 Å². The number of nitrogens with zero attached hydrogens (tertiary/aromatic N) is 2. The minimum Gasteiger partial charge on any atom is -0.497 e. The molecule has 4 heteroatoms. The van der Waals surface area contributed by atoms with Crippen molar-refractivity contribution in [3.05, 3.63) is 29.8 Å². The molecule has 2 rings (SSSR count). The van der Waals surface area contributed by atoms with Gasteiger partial charge in [0.25, 0.3) is 0 Å². The highest BCUT2D eigenvalue weighted by Gasteiger charge is 2.17. The molecule has 1 heterocycles. The van der Waals surface area contributed by atoms with E-state index in [1.165, 1.54) is 18.4 Å². The van der Waals surface area contributed by atoms with Crippen molar-refractivity contribution in [1.29, 1.82) is 0 Å². The third kappa shape index (κ3) is 4.65.